The van der Waals surface area contributed by atoms with E-state index < -0.39 is 11.6 Å². The van der Waals surface area contributed by atoms with Crippen LogP contribution in [0.2, 0.25) is 0 Å². The Balaban J connectivity index is 2.56. The van der Waals surface area contributed by atoms with E-state index in [1.807, 2.05) is 0 Å². The van der Waals surface area contributed by atoms with Crippen molar-refractivity contribution in [1.82, 2.24) is 4.98 Å². The fraction of sp³-hybridized carbons (Fsp3) is 0.462. The van der Waals surface area contributed by atoms with Crippen molar-refractivity contribution in [2.75, 3.05) is 0 Å². The van der Waals surface area contributed by atoms with Crippen LogP contribution < -0.4 is 0 Å². The van der Waals surface area contributed by atoms with Crippen LogP contribution >= 0.6 is 0 Å². The van der Waals surface area contributed by atoms with Crippen LogP contribution in [0, 0.1) is 0 Å². The number of rotatable bonds is 4. The molecule has 1 aromatic rings. The molecule has 0 aliphatic carbocycles. The van der Waals surface area contributed by atoms with Crippen LogP contribution in [0.15, 0.2) is 18.3 Å². The first-order chi connectivity index (χ1) is 8.28. The molecule has 0 aromatic carbocycles. The summed E-state index contributed by atoms with van der Waals surface area (Å²) in [5.74, 6) is -1.37. The molecule has 0 saturated carbocycles. The molecular weight excluding hydrogens is 234 g/mol. The minimum atomic E-state index is -1.07. The van der Waals surface area contributed by atoms with E-state index in [-0.39, 0.29) is 18.1 Å². The predicted octanol–water partition coefficient (Wildman–Crippen LogP) is 2.05. The molecule has 98 valence electrons. The number of aryl methyl sites for hydroxylation is 1. The highest BCUT2D eigenvalue weighted by atomic mass is 16.6. The number of aromatic nitrogens is 1. The molecule has 0 fully saturated rings. The molecule has 0 spiro atoms. The summed E-state index contributed by atoms with van der Waals surface area (Å²) in [6.07, 6.45) is 2.09. The summed E-state index contributed by atoms with van der Waals surface area (Å²) in [5, 5.41) is 8.79. The molecule has 5 nitrogen and oxygen atoms in total. The van der Waals surface area contributed by atoms with Crippen LogP contribution in [0.5, 0.6) is 0 Å². The van der Waals surface area contributed by atoms with E-state index in [0.29, 0.717) is 6.42 Å². The lowest BCUT2D eigenvalue weighted by Gasteiger charge is -2.19. The van der Waals surface area contributed by atoms with Gasteiger partial charge in [0.15, 0.2) is 0 Å². The summed E-state index contributed by atoms with van der Waals surface area (Å²) in [4.78, 5) is 25.9. The van der Waals surface area contributed by atoms with Gasteiger partial charge in [0, 0.05) is 12.6 Å². The van der Waals surface area contributed by atoms with Crippen molar-refractivity contribution in [2.24, 2.45) is 0 Å². The van der Waals surface area contributed by atoms with E-state index >= 15 is 0 Å². The van der Waals surface area contributed by atoms with Gasteiger partial charge in [0.2, 0.25) is 0 Å². The largest absolute Gasteiger partial charge is 0.477 e. The van der Waals surface area contributed by atoms with Crippen molar-refractivity contribution in [3.05, 3.63) is 29.6 Å². The number of aromatic carboxylic acids is 1. The third-order valence-electron chi connectivity index (χ3n) is 2.08. The lowest BCUT2D eigenvalue weighted by molar-refractivity contribution is -0.154. The number of nitrogens with zero attached hydrogens (tertiary/aromatic N) is 1. The second-order valence-corrected chi connectivity index (χ2v) is 4.94. The number of ether oxygens (including phenoxy) is 1. The Bertz CT molecular complexity index is 449. The molecule has 18 heavy (non-hydrogen) atoms. The average molecular weight is 251 g/mol. The van der Waals surface area contributed by atoms with Gasteiger partial charge in [-0.25, -0.2) is 9.78 Å². The topological polar surface area (TPSA) is 76.5 Å². The summed E-state index contributed by atoms with van der Waals surface area (Å²) >= 11 is 0. The van der Waals surface area contributed by atoms with Gasteiger partial charge in [-0.2, -0.15) is 0 Å². The molecule has 0 aliphatic heterocycles. The number of carboxylic acid groups (broad SMARTS) is 1. The highest BCUT2D eigenvalue weighted by molar-refractivity contribution is 5.85. The van der Waals surface area contributed by atoms with Gasteiger partial charge in [-0.3, -0.25) is 4.79 Å². The van der Waals surface area contributed by atoms with Gasteiger partial charge in [-0.05, 0) is 44.9 Å². The molecule has 1 heterocycles. The molecule has 0 atom stereocenters. The molecule has 1 rings (SSSR count). The lowest BCUT2D eigenvalue weighted by Crippen LogP contribution is -2.24. The molecule has 1 N–H and O–H groups in total. The average Bonchev–Trinajstić information content (AvgIpc) is 2.24. The fourth-order valence-electron chi connectivity index (χ4n) is 1.39. The third kappa shape index (κ3) is 4.95. The zero-order chi connectivity index (χ0) is 13.8. The monoisotopic (exact) mass is 251 g/mol. The second kappa shape index (κ2) is 5.62. The maximum Gasteiger partial charge on any atom is 0.354 e. The Morgan fingerprint density at radius 1 is 1.39 bits per heavy atom. The van der Waals surface area contributed by atoms with Crippen LogP contribution in [0.4, 0.5) is 0 Å². The molecule has 0 unspecified atom stereocenters. The minimum Gasteiger partial charge on any atom is -0.477 e. The second-order valence-electron chi connectivity index (χ2n) is 4.94. The minimum absolute atomic E-state index is 0.0170. The number of esters is 1. The van der Waals surface area contributed by atoms with E-state index in [4.69, 9.17) is 9.84 Å². The van der Waals surface area contributed by atoms with Crippen molar-refractivity contribution >= 4 is 11.9 Å². The van der Waals surface area contributed by atoms with E-state index in [0.717, 1.165) is 5.56 Å². The molecule has 0 aliphatic rings. The van der Waals surface area contributed by atoms with E-state index in [9.17, 15) is 9.59 Å². The molecule has 5 heteroatoms. The lowest BCUT2D eigenvalue weighted by atomic mass is 10.1. The van der Waals surface area contributed by atoms with Crippen molar-refractivity contribution < 1.29 is 19.4 Å². The Hall–Kier alpha value is -1.91. The Kier molecular flexibility index (Phi) is 4.42. The Morgan fingerprint density at radius 3 is 2.61 bits per heavy atom. The first kappa shape index (κ1) is 14.2. The molecule has 0 bridgehead atoms. The standard InChI is InChI=1S/C13H17NO4/c1-13(2,3)18-11(15)5-4-9-6-7-14-10(8-9)12(16)17/h6-8H,4-5H2,1-3H3,(H,16,17). The summed E-state index contributed by atoms with van der Waals surface area (Å²) in [5.41, 5.74) is 0.242. The van der Waals surface area contributed by atoms with Crippen LogP contribution in [-0.2, 0) is 16.0 Å². The quantitative estimate of drug-likeness (QED) is 0.829. The predicted molar refractivity (Wildman–Crippen MR) is 65.4 cm³/mol. The van der Waals surface area contributed by atoms with Gasteiger partial charge in [-0.15, -0.1) is 0 Å². The first-order valence-corrected chi connectivity index (χ1v) is 5.68. The van der Waals surface area contributed by atoms with Crippen LogP contribution in [0.3, 0.4) is 0 Å². The highest BCUT2D eigenvalue weighted by Crippen LogP contribution is 2.11. The van der Waals surface area contributed by atoms with Crippen molar-refractivity contribution in [2.45, 2.75) is 39.2 Å². The number of hydrogen-bond acceptors (Lipinski definition) is 4. The number of pyridine rings is 1. The van der Waals surface area contributed by atoms with Gasteiger partial charge in [-0.1, -0.05) is 0 Å². The molecular formula is C13H17NO4. The smallest absolute Gasteiger partial charge is 0.354 e. The normalized spacial score (nSPS) is 11.1. The van der Waals surface area contributed by atoms with E-state index in [2.05, 4.69) is 4.98 Å². The highest BCUT2D eigenvalue weighted by Gasteiger charge is 2.16. The molecule has 0 saturated heterocycles. The van der Waals surface area contributed by atoms with Gasteiger partial charge in [0.1, 0.15) is 11.3 Å². The summed E-state index contributed by atoms with van der Waals surface area (Å²) in [6, 6.07) is 3.16. The maximum atomic E-state index is 11.5. The summed E-state index contributed by atoms with van der Waals surface area (Å²) in [7, 11) is 0. The molecule has 0 amide bonds. The van der Waals surface area contributed by atoms with Gasteiger partial charge < -0.3 is 9.84 Å². The van der Waals surface area contributed by atoms with Crippen LogP contribution in [-0.4, -0.2) is 27.6 Å². The van der Waals surface area contributed by atoms with Crippen LogP contribution in [0.1, 0.15) is 43.2 Å². The van der Waals surface area contributed by atoms with Gasteiger partial charge >= 0.3 is 11.9 Å². The fourth-order valence-corrected chi connectivity index (χ4v) is 1.39. The molecule has 0 radical (unpaired) electrons. The third-order valence-corrected chi connectivity index (χ3v) is 2.08. The number of carbonyl (C=O) groups is 2. The Labute approximate surface area is 106 Å². The Morgan fingerprint density at radius 2 is 2.06 bits per heavy atom. The summed E-state index contributed by atoms with van der Waals surface area (Å²) in [6.45, 7) is 5.42. The van der Waals surface area contributed by atoms with Gasteiger partial charge in [0.05, 0.1) is 0 Å². The SMILES string of the molecule is CC(C)(C)OC(=O)CCc1ccnc(C(=O)O)c1. The summed E-state index contributed by atoms with van der Waals surface area (Å²) < 4.78 is 5.17. The van der Waals surface area contributed by atoms with Gasteiger partial charge in [0.25, 0.3) is 0 Å². The van der Waals surface area contributed by atoms with Crippen molar-refractivity contribution in [3.63, 3.8) is 0 Å². The van der Waals surface area contributed by atoms with E-state index in [1.165, 1.54) is 12.3 Å². The molecule has 1 aromatic heterocycles. The number of carboxylic acids is 1. The maximum absolute atomic E-state index is 11.5. The van der Waals surface area contributed by atoms with Crippen molar-refractivity contribution in [1.29, 1.82) is 0 Å². The number of carbonyl (C=O) groups excluding carboxylic acids is 1. The van der Waals surface area contributed by atoms with Crippen LogP contribution in [0.25, 0.3) is 0 Å². The zero-order valence-corrected chi connectivity index (χ0v) is 10.8. The number of hydrogen-bond donors (Lipinski definition) is 1. The first-order valence-electron chi connectivity index (χ1n) is 5.68. The zero-order valence-electron chi connectivity index (χ0n) is 10.8. The van der Waals surface area contributed by atoms with E-state index in [1.54, 1.807) is 26.8 Å². The van der Waals surface area contributed by atoms with Crippen molar-refractivity contribution in [3.8, 4) is 0 Å².